The second kappa shape index (κ2) is 3.61. The summed E-state index contributed by atoms with van der Waals surface area (Å²) in [5.41, 5.74) is 1.69. The topological polar surface area (TPSA) is 9.23 Å². The molecule has 0 spiro atoms. The maximum absolute atomic E-state index is 5.50. The van der Waals surface area contributed by atoms with Gasteiger partial charge in [0.05, 0.1) is 6.10 Å². The molecule has 0 aromatic carbocycles. The number of rotatable bonds is 2. The van der Waals surface area contributed by atoms with Gasteiger partial charge >= 0.3 is 0 Å². The van der Waals surface area contributed by atoms with E-state index in [2.05, 4.69) is 6.08 Å². The highest BCUT2D eigenvalue weighted by molar-refractivity contribution is 5.14. The minimum absolute atomic E-state index is 0.536. The molecule has 1 saturated carbocycles. The van der Waals surface area contributed by atoms with Gasteiger partial charge in [-0.05, 0) is 32.1 Å². The molecule has 1 nitrogen and oxygen atoms in total. The molecule has 0 saturated heterocycles. The molecule has 2 rings (SSSR count). The van der Waals surface area contributed by atoms with Gasteiger partial charge in [-0.1, -0.05) is 18.1 Å². The van der Waals surface area contributed by atoms with Crippen LogP contribution in [0.15, 0.2) is 11.6 Å². The summed E-state index contributed by atoms with van der Waals surface area (Å²) < 4.78 is 5.50. The van der Waals surface area contributed by atoms with Crippen LogP contribution in [0.3, 0.4) is 0 Å². The summed E-state index contributed by atoms with van der Waals surface area (Å²) in [5.74, 6) is 0.775. The van der Waals surface area contributed by atoms with E-state index < -0.39 is 0 Å². The Labute approximate surface area is 74.8 Å². The van der Waals surface area contributed by atoms with Crippen LogP contribution in [-0.2, 0) is 4.74 Å². The van der Waals surface area contributed by atoms with Gasteiger partial charge in [0, 0.05) is 13.0 Å². The van der Waals surface area contributed by atoms with Crippen LogP contribution in [0.5, 0.6) is 0 Å². The molecule has 0 aliphatic heterocycles. The van der Waals surface area contributed by atoms with Gasteiger partial charge < -0.3 is 4.74 Å². The van der Waals surface area contributed by atoms with Gasteiger partial charge in [-0.2, -0.15) is 0 Å². The number of allylic oxidation sites excluding steroid dienone is 1. The van der Waals surface area contributed by atoms with E-state index in [1.807, 2.05) is 7.11 Å². The molecule has 0 amide bonds. The Morgan fingerprint density at radius 1 is 1.33 bits per heavy atom. The molecule has 1 fully saturated rings. The van der Waals surface area contributed by atoms with Crippen molar-refractivity contribution in [3.05, 3.63) is 11.6 Å². The number of hydrogen-bond acceptors (Lipinski definition) is 1. The second-order valence-electron chi connectivity index (χ2n) is 3.98. The smallest absolute Gasteiger partial charge is 0.0636 e. The molecule has 0 N–H and O–H groups in total. The summed E-state index contributed by atoms with van der Waals surface area (Å²) in [6, 6.07) is 0. The first-order valence-electron chi connectivity index (χ1n) is 5.13. The van der Waals surface area contributed by atoms with Crippen molar-refractivity contribution in [3.8, 4) is 0 Å². The molecule has 0 aromatic heterocycles. The number of ether oxygens (including phenoxy) is 1. The Bertz CT molecular complexity index is 183. The summed E-state index contributed by atoms with van der Waals surface area (Å²) in [5, 5.41) is 0. The normalized spacial score (nSPS) is 35.6. The fraction of sp³-hybridized carbons (Fsp3) is 0.818. The highest BCUT2D eigenvalue weighted by Gasteiger charge is 2.30. The molecule has 68 valence electrons. The molecular formula is C11H18O. The molecule has 2 aliphatic carbocycles. The van der Waals surface area contributed by atoms with Crippen molar-refractivity contribution in [2.45, 2.75) is 44.6 Å². The summed E-state index contributed by atoms with van der Waals surface area (Å²) in [6.07, 6.45) is 11.0. The van der Waals surface area contributed by atoms with Gasteiger partial charge in [0.15, 0.2) is 0 Å². The maximum Gasteiger partial charge on any atom is 0.0636 e. The van der Waals surface area contributed by atoms with Crippen molar-refractivity contribution in [2.75, 3.05) is 7.11 Å². The molecule has 0 aromatic rings. The van der Waals surface area contributed by atoms with Crippen molar-refractivity contribution in [1.29, 1.82) is 0 Å². The lowest BCUT2D eigenvalue weighted by Gasteiger charge is -2.19. The molecule has 0 radical (unpaired) electrons. The van der Waals surface area contributed by atoms with E-state index >= 15 is 0 Å². The first-order valence-corrected chi connectivity index (χ1v) is 5.13. The van der Waals surface area contributed by atoms with E-state index in [0.29, 0.717) is 6.10 Å². The Kier molecular flexibility index (Phi) is 2.50. The maximum atomic E-state index is 5.50. The van der Waals surface area contributed by atoms with Crippen LogP contribution in [0.4, 0.5) is 0 Å². The van der Waals surface area contributed by atoms with Crippen LogP contribution in [0.1, 0.15) is 38.5 Å². The van der Waals surface area contributed by atoms with Crippen molar-refractivity contribution < 1.29 is 4.74 Å². The average Bonchev–Trinajstić information content (AvgIpc) is 2.74. The quantitative estimate of drug-likeness (QED) is 0.573. The number of methoxy groups -OCH3 is 1. The van der Waals surface area contributed by atoms with Crippen molar-refractivity contribution in [1.82, 2.24) is 0 Å². The van der Waals surface area contributed by atoms with Crippen LogP contribution in [0, 0.1) is 5.92 Å². The van der Waals surface area contributed by atoms with Gasteiger partial charge in [-0.15, -0.1) is 0 Å². The van der Waals surface area contributed by atoms with Crippen molar-refractivity contribution in [2.24, 2.45) is 5.92 Å². The molecule has 12 heavy (non-hydrogen) atoms. The third-order valence-corrected chi connectivity index (χ3v) is 3.31. The molecule has 2 atom stereocenters. The zero-order valence-electron chi connectivity index (χ0n) is 7.88. The summed E-state index contributed by atoms with van der Waals surface area (Å²) in [7, 11) is 1.86. The molecule has 0 bridgehead atoms. The first-order chi connectivity index (χ1) is 5.92. The van der Waals surface area contributed by atoms with Crippen LogP contribution in [0.25, 0.3) is 0 Å². The van der Waals surface area contributed by atoms with Crippen LogP contribution in [0.2, 0.25) is 0 Å². The van der Waals surface area contributed by atoms with Gasteiger partial charge in [-0.25, -0.2) is 0 Å². The molecule has 1 heteroatoms. The Morgan fingerprint density at radius 3 is 2.92 bits per heavy atom. The van der Waals surface area contributed by atoms with Crippen LogP contribution in [-0.4, -0.2) is 13.2 Å². The zero-order chi connectivity index (χ0) is 8.39. The monoisotopic (exact) mass is 166 g/mol. The predicted molar refractivity (Wildman–Crippen MR) is 50.1 cm³/mol. The lowest BCUT2D eigenvalue weighted by Crippen LogP contribution is -2.17. The van der Waals surface area contributed by atoms with Crippen LogP contribution < -0.4 is 0 Å². The molecule has 2 unspecified atom stereocenters. The minimum Gasteiger partial charge on any atom is -0.381 e. The molecule has 0 heterocycles. The highest BCUT2D eigenvalue weighted by atomic mass is 16.5. The van der Waals surface area contributed by atoms with Crippen molar-refractivity contribution >= 4 is 0 Å². The fourth-order valence-corrected chi connectivity index (χ4v) is 2.66. The highest BCUT2D eigenvalue weighted by Crippen LogP contribution is 2.37. The Balaban J connectivity index is 2.01. The lowest BCUT2D eigenvalue weighted by molar-refractivity contribution is 0.0820. The molecule has 2 aliphatic rings. The minimum atomic E-state index is 0.536. The SMILES string of the molecule is COC1CCCC1C1=CCCC1. The van der Waals surface area contributed by atoms with E-state index in [-0.39, 0.29) is 0 Å². The zero-order valence-corrected chi connectivity index (χ0v) is 7.88. The van der Waals surface area contributed by atoms with E-state index in [1.165, 1.54) is 38.5 Å². The van der Waals surface area contributed by atoms with Gasteiger partial charge in [-0.3, -0.25) is 0 Å². The van der Waals surface area contributed by atoms with E-state index in [1.54, 1.807) is 5.57 Å². The number of hydrogen-bond donors (Lipinski definition) is 0. The van der Waals surface area contributed by atoms with Gasteiger partial charge in [0.1, 0.15) is 0 Å². The third-order valence-electron chi connectivity index (χ3n) is 3.31. The average molecular weight is 166 g/mol. The second-order valence-corrected chi connectivity index (χ2v) is 3.98. The Morgan fingerprint density at radius 2 is 2.25 bits per heavy atom. The summed E-state index contributed by atoms with van der Waals surface area (Å²) in [4.78, 5) is 0. The molecular weight excluding hydrogens is 148 g/mol. The van der Waals surface area contributed by atoms with Crippen molar-refractivity contribution in [3.63, 3.8) is 0 Å². The Hall–Kier alpha value is -0.300. The first kappa shape index (κ1) is 8.31. The van der Waals surface area contributed by atoms with Gasteiger partial charge in [0.25, 0.3) is 0 Å². The summed E-state index contributed by atoms with van der Waals surface area (Å²) >= 11 is 0. The van der Waals surface area contributed by atoms with E-state index in [9.17, 15) is 0 Å². The summed E-state index contributed by atoms with van der Waals surface area (Å²) in [6.45, 7) is 0. The fourth-order valence-electron chi connectivity index (χ4n) is 2.66. The van der Waals surface area contributed by atoms with E-state index in [0.717, 1.165) is 5.92 Å². The largest absolute Gasteiger partial charge is 0.381 e. The third kappa shape index (κ3) is 1.42. The van der Waals surface area contributed by atoms with E-state index in [4.69, 9.17) is 4.74 Å². The standard InChI is InChI=1S/C11H18O/c1-12-11-8-4-7-10(11)9-5-2-3-6-9/h5,10-11H,2-4,6-8H2,1H3. The van der Waals surface area contributed by atoms with Crippen LogP contribution >= 0.6 is 0 Å². The predicted octanol–water partition coefficient (Wildman–Crippen LogP) is 2.91. The van der Waals surface area contributed by atoms with Gasteiger partial charge in [0.2, 0.25) is 0 Å². The lowest BCUT2D eigenvalue weighted by atomic mass is 9.95.